The Morgan fingerprint density at radius 1 is 1.30 bits per heavy atom. The number of hydrogen-bond acceptors (Lipinski definition) is 5. The number of rotatable bonds is 5. The minimum absolute atomic E-state index is 0.169. The Bertz CT molecular complexity index is 666. The van der Waals surface area contributed by atoms with E-state index in [1.54, 1.807) is 11.6 Å². The Morgan fingerprint density at radius 3 is 2.61 bits per heavy atom. The fourth-order valence-electron chi connectivity index (χ4n) is 3.65. The van der Waals surface area contributed by atoms with Crippen molar-refractivity contribution < 1.29 is 13.5 Å². The normalized spacial score (nSPS) is 27.1. The Kier molecular flexibility index (Phi) is 4.52. The zero-order valence-electron chi connectivity index (χ0n) is 13.9. The van der Waals surface area contributed by atoms with Crippen molar-refractivity contribution in [3.8, 4) is 0 Å². The van der Waals surface area contributed by atoms with Crippen molar-refractivity contribution in [1.82, 2.24) is 19.0 Å². The third kappa shape index (κ3) is 3.17. The summed E-state index contributed by atoms with van der Waals surface area (Å²) in [5.41, 5.74) is -0.283. The summed E-state index contributed by atoms with van der Waals surface area (Å²) in [6.07, 6.45) is 4.23. The van der Waals surface area contributed by atoms with Crippen molar-refractivity contribution in [1.29, 1.82) is 0 Å². The molecule has 2 saturated heterocycles. The van der Waals surface area contributed by atoms with Gasteiger partial charge in [0.1, 0.15) is 4.90 Å². The quantitative estimate of drug-likeness (QED) is 0.840. The van der Waals surface area contributed by atoms with Crippen molar-refractivity contribution in [2.45, 2.75) is 50.2 Å². The van der Waals surface area contributed by atoms with E-state index in [4.69, 9.17) is 0 Å². The molecule has 8 heteroatoms. The molecule has 2 aliphatic rings. The van der Waals surface area contributed by atoms with Crippen molar-refractivity contribution in [2.24, 2.45) is 0 Å². The van der Waals surface area contributed by atoms with Crippen LogP contribution in [0.3, 0.4) is 0 Å². The molecule has 3 rings (SSSR count). The Balaban J connectivity index is 1.75. The van der Waals surface area contributed by atoms with Gasteiger partial charge in [-0.1, -0.05) is 0 Å². The van der Waals surface area contributed by atoms with Gasteiger partial charge in [0.05, 0.1) is 17.5 Å². The lowest BCUT2D eigenvalue weighted by atomic mass is 10.0. The number of aryl methyl sites for hydroxylation is 1. The van der Waals surface area contributed by atoms with Gasteiger partial charge in [-0.2, -0.15) is 9.40 Å². The van der Waals surface area contributed by atoms with E-state index in [0.29, 0.717) is 31.7 Å². The molecule has 0 unspecified atom stereocenters. The summed E-state index contributed by atoms with van der Waals surface area (Å²) in [6.45, 7) is 7.43. The van der Waals surface area contributed by atoms with Gasteiger partial charge in [-0.05, 0) is 46.2 Å². The second-order valence-electron chi connectivity index (χ2n) is 6.71. The van der Waals surface area contributed by atoms with Crippen LogP contribution >= 0.6 is 0 Å². The summed E-state index contributed by atoms with van der Waals surface area (Å²) in [5.74, 6) is 0. The van der Waals surface area contributed by atoms with Crippen molar-refractivity contribution in [3.63, 3.8) is 0 Å². The first-order valence-corrected chi connectivity index (χ1v) is 9.77. The van der Waals surface area contributed by atoms with Crippen molar-refractivity contribution in [2.75, 3.05) is 32.7 Å². The zero-order valence-corrected chi connectivity index (χ0v) is 14.7. The summed E-state index contributed by atoms with van der Waals surface area (Å²) in [5, 5.41) is 14.9. The monoisotopic (exact) mass is 342 g/mol. The Labute approximate surface area is 137 Å². The van der Waals surface area contributed by atoms with Gasteiger partial charge in [0.2, 0.25) is 10.0 Å². The molecule has 7 nitrogen and oxygen atoms in total. The van der Waals surface area contributed by atoms with Crippen LogP contribution in [0, 0.1) is 6.92 Å². The molecule has 1 aromatic heterocycles. The predicted molar refractivity (Wildman–Crippen MR) is 86.6 cm³/mol. The highest BCUT2D eigenvalue weighted by Crippen LogP contribution is 2.30. The maximum atomic E-state index is 12.9. The maximum Gasteiger partial charge on any atom is 0.246 e. The molecule has 2 aliphatic heterocycles. The van der Waals surface area contributed by atoms with Gasteiger partial charge < -0.3 is 10.0 Å². The summed E-state index contributed by atoms with van der Waals surface area (Å²) < 4.78 is 28.8. The van der Waals surface area contributed by atoms with E-state index >= 15 is 0 Å². The third-order valence-corrected chi connectivity index (χ3v) is 6.94. The zero-order chi connectivity index (χ0) is 16.7. The first-order chi connectivity index (χ1) is 10.9. The molecule has 1 aromatic rings. The molecule has 3 heterocycles. The number of aromatic nitrogens is 2. The fraction of sp³-hybridized carbons (Fsp3) is 0.800. The molecule has 0 bridgehead atoms. The molecular formula is C15H26N4O3S. The van der Waals surface area contributed by atoms with Gasteiger partial charge in [-0.3, -0.25) is 4.68 Å². The second-order valence-corrected chi connectivity index (χ2v) is 8.61. The van der Waals surface area contributed by atoms with Gasteiger partial charge in [0.15, 0.2) is 0 Å². The van der Waals surface area contributed by atoms with Crippen LogP contribution in [0.15, 0.2) is 11.1 Å². The molecule has 0 aromatic carbocycles. The highest BCUT2D eigenvalue weighted by atomic mass is 32.2. The smallest absolute Gasteiger partial charge is 0.246 e. The topological polar surface area (TPSA) is 78.7 Å². The average molecular weight is 342 g/mol. The number of aliphatic hydroxyl groups is 1. The molecular weight excluding hydrogens is 316 g/mol. The van der Waals surface area contributed by atoms with E-state index in [9.17, 15) is 13.5 Å². The van der Waals surface area contributed by atoms with Gasteiger partial charge >= 0.3 is 0 Å². The number of hydrogen-bond donors (Lipinski definition) is 1. The van der Waals surface area contributed by atoms with Crippen LogP contribution in [0.2, 0.25) is 0 Å². The third-order valence-electron chi connectivity index (χ3n) is 4.99. The van der Waals surface area contributed by atoms with Crippen LogP contribution in [-0.4, -0.2) is 70.8 Å². The molecule has 0 spiro atoms. The number of β-amino-alcohol motifs (C(OH)–C–C–N with tert-alkyl or cyclic N) is 1. The molecule has 2 fully saturated rings. The lowest BCUT2D eigenvalue weighted by molar-refractivity contribution is 0.0232. The first-order valence-electron chi connectivity index (χ1n) is 8.33. The minimum Gasteiger partial charge on any atom is -0.387 e. The summed E-state index contributed by atoms with van der Waals surface area (Å²) in [7, 11) is -3.59. The van der Waals surface area contributed by atoms with E-state index in [1.165, 1.54) is 10.5 Å². The van der Waals surface area contributed by atoms with E-state index in [1.807, 2.05) is 6.92 Å². The summed E-state index contributed by atoms with van der Waals surface area (Å²) in [4.78, 5) is 2.49. The minimum atomic E-state index is -3.59. The molecule has 0 radical (unpaired) electrons. The molecule has 1 atom stereocenters. The Hall–Kier alpha value is -0.960. The van der Waals surface area contributed by atoms with E-state index in [0.717, 1.165) is 25.9 Å². The Morgan fingerprint density at radius 2 is 2.00 bits per heavy atom. The number of nitrogens with zero attached hydrogens (tertiary/aromatic N) is 4. The van der Waals surface area contributed by atoms with Gasteiger partial charge in [-0.15, -0.1) is 0 Å². The highest BCUT2D eigenvalue weighted by Gasteiger charge is 2.43. The van der Waals surface area contributed by atoms with E-state index in [2.05, 4.69) is 10.00 Å². The maximum absolute atomic E-state index is 12.9. The lowest BCUT2D eigenvalue weighted by Crippen LogP contribution is -2.45. The second kappa shape index (κ2) is 6.16. The SMILES string of the molecule is CCn1ncc(S(=O)(=O)N2CC[C@](O)(CN3CCCC3)C2)c1C. The molecule has 130 valence electrons. The molecule has 0 amide bonds. The molecule has 23 heavy (non-hydrogen) atoms. The fourth-order valence-corrected chi connectivity index (χ4v) is 5.33. The van der Waals surface area contributed by atoms with Gasteiger partial charge in [0, 0.05) is 26.2 Å². The predicted octanol–water partition coefficient (Wildman–Crippen LogP) is 0.433. The van der Waals surface area contributed by atoms with Gasteiger partial charge in [-0.25, -0.2) is 8.42 Å². The van der Waals surface area contributed by atoms with Crippen molar-refractivity contribution in [3.05, 3.63) is 11.9 Å². The average Bonchev–Trinajstić information content (AvgIpc) is 3.20. The summed E-state index contributed by atoms with van der Waals surface area (Å²) in [6, 6.07) is 0. The van der Waals surface area contributed by atoms with Crippen LogP contribution in [0.1, 0.15) is 31.9 Å². The van der Waals surface area contributed by atoms with Crippen molar-refractivity contribution >= 4 is 10.0 Å². The largest absolute Gasteiger partial charge is 0.387 e. The summed E-state index contributed by atoms with van der Waals surface area (Å²) >= 11 is 0. The molecule has 1 N–H and O–H groups in total. The highest BCUT2D eigenvalue weighted by molar-refractivity contribution is 7.89. The van der Waals surface area contributed by atoms with Gasteiger partial charge in [0.25, 0.3) is 0 Å². The molecule has 0 saturated carbocycles. The van der Waals surface area contributed by atoms with E-state index < -0.39 is 15.6 Å². The van der Waals surface area contributed by atoms with Crippen LogP contribution < -0.4 is 0 Å². The lowest BCUT2D eigenvalue weighted by Gasteiger charge is -2.28. The number of sulfonamides is 1. The van der Waals surface area contributed by atoms with Crippen LogP contribution in [-0.2, 0) is 16.6 Å². The first kappa shape index (κ1) is 16.9. The van der Waals surface area contributed by atoms with E-state index in [-0.39, 0.29) is 11.4 Å². The molecule has 0 aliphatic carbocycles. The van der Waals surface area contributed by atoms with Crippen LogP contribution in [0.5, 0.6) is 0 Å². The number of likely N-dealkylation sites (tertiary alicyclic amines) is 1. The van der Waals surface area contributed by atoms with Crippen LogP contribution in [0.25, 0.3) is 0 Å². The standard InChI is InChI=1S/C15H26N4O3S/c1-3-19-13(2)14(10-16-19)23(21,22)18-9-6-15(20,12-18)11-17-7-4-5-8-17/h10,20H,3-9,11-12H2,1-2H3/t15-/m0/s1. The van der Waals surface area contributed by atoms with Crippen LogP contribution in [0.4, 0.5) is 0 Å².